The lowest BCUT2D eigenvalue weighted by Gasteiger charge is -1.99. The molecule has 58 valence electrons. The van der Waals surface area contributed by atoms with Crippen molar-refractivity contribution in [2.45, 2.75) is 6.92 Å². The molecule has 0 bridgehead atoms. The molecule has 1 aromatic carbocycles. The van der Waals surface area contributed by atoms with Gasteiger partial charge in [0.15, 0.2) is 5.78 Å². The lowest BCUT2D eigenvalue weighted by Crippen LogP contribution is -1.95. The van der Waals surface area contributed by atoms with E-state index in [2.05, 4.69) is 45.2 Å². The van der Waals surface area contributed by atoms with Crippen LogP contribution in [0.15, 0.2) is 18.2 Å². The Morgan fingerprint density at radius 2 is 2.00 bits per heavy atom. The Bertz CT molecular complexity index is 294. The maximum absolute atomic E-state index is 11.0. The van der Waals surface area contributed by atoms with E-state index in [0.29, 0.717) is 0 Å². The quantitative estimate of drug-likeness (QED) is 0.547. The van der Waals surface area contributed by atoms with Gasteiger partial charge < -0.3 is 0 Å². The van der Waals surface area contributed by atoms with Gasteiger partial charge in [0.25, 0.3) is 0 Å². The van der Waals surface area contributed by atoms with E-state index in [4.69, 9.17) is 0 Å². The molecule has 0 aromatic heterocycles. The van der Waals surface area contributed by atoms with Gasteiger partial charge in [-0.05, 0) is 70.3 Å². The Balaban J connectivity index is 3.23. The van der Waals surface area contributed by atoms with Crippen molar-refractivity contribution in [3.8, 4) is 0 Å². The van der Waals surface area contributed by atoms with Gasteiger partial charge in [0.05, 0.1) is 0 Å². The van der Waals surface area contributed by atoms with Crippen LogP contribution < -0.4 is 0 Å². The molecule has 0 radical (unpaired) electrons. The summed E-state index contributed by atoms with van der Waals surface area (Å²) in [5.74, 6) is 0.132. The zero-order valence-corrected chi connectivity index (χ0v) is 10.2. The average Bonchev–Trinajstić information content (AvgIpc) is 1.94. The highest BCUT2D eigenvalue weighted by Crippen LogP contribution is 2.16. The highest BCUT2D eigenvalue weighted by Gasteiger charge is 2.03. The first-order valence-electron chi connectivity index (χ1n) is 3.07. The first-order valence-corrected chi connectivity index (χ1v) is 5.23. The van der Waals surface area contributed by atoms with Crippen molar-refractivity contribution in [3.05, 3.63) is 30.9 Å². The summed E-state index contributed by atoms with van der Waals surface area (Å²) in [5.41, 5.74) is 0.817. The number of rotatable bonds is 1. The molecule has 0 atom stereocenters. The lowest BCUT2D eigenvalue weighted by molar-refractivity contribution is 0.101. The topological polar surface area (TPSA) is 17.1 Å². The molecule has 0 saturated heterocycles. The molecule has 0 spiro atoms. The third-order valence-electron chi connectivity index (χ3n) is 1.31. The van der Waals surface area contributed by atoms with E-state index < -0.39 is 0 Å². The maximum Gasteiger partial charge on any atom is 0.160 e. The Kier molecular flexibility index (Phi) is 3.29. The van der Waals surface area contributed by atoms with Gasteiger partial charge in [0.1, 0.15) is 0 Å². The monoisotopic (exact) mass is 372 g/mol. The normalized spacial score (nSPS) is 9.73. The molecule has 0 unspecified atom stereocenters. The van der Waals surface area contributed by atoms with Crippen LogP contribution in [-0.4, -0.2) is 5.78 Å². The maximum atomic E-state index is 11.0. The van der Waals surface area contributed by atoms with E-state index in [-0.39, 0.29) is 5.78 Å². The largest absolute Gasteiger partial charge is 0.294 e. The SMILES string of the molecule is CC(=O)c1cc(I)ccc1I. The molecule has 1 nitrogen and oxygen atoms in total. The fourth-order valence-electron chi connectivity index (χ4n) is 0.767. The van der Waals surface area contributed by atoms with Crippen LogP contribution in [0.4, 0.5) is 0 Å². The molecule has 1 rings (SSSR count). The summed E-state index contributed by atoms with van der Waals surface area (Å²) >= 11 is 4.37. The van der Waals surface area contributed by atoms with E-state index in [1.54, 1.807) is 6.92 Å². The number of carbonyl (C=O) groups is 1. The average molecular weight is 372 g/mol. The summed E-state index contributed by atoms with van der Waals surface area (Å²) in [6.45, 7) is 1.59. The third kappa shape index (κ3) is 2.40. The minimum absolute atomic E-state index is 0.132. The van der Waals surface area contributed by atoms with Crippen molar-refractivity contribution in [2.75, 3.05) is 0 Å². The molecular formula is C8H6I2O. The van der Waals surface area contributed by atoms with Crippen molar-refractivity contribution >= 4 is 51.0 Å². The van der Waals surface area contributed by atoms with Crippen LogP contribution in [0.3, 0.4) is 0 Å². The molecule has 0 aliphatic heterocycles. The molecule has 0 amide bonds. The molecule has 0 N–H and O–H groups in total. The lowest BCUT2D eigenvalue weighted by atomic mass is 10.2. The van der Waals surface area contributed by atoms with Crippen molar-refractivity contribution < 1.29 is 4.79 Å². The Labute approximate surface area is 92.8 Å². The second-order valence-corrected chi connectivity index (χ2v) is 4.59. The van der Waals surface area contributed by atoms with E-state index in [1.807, 2.05) is 18.2 Å². The van der Waals surface area contributed by atoms with E-state index in [1.165, 1.54) is 0 Å². The molecule has 0 aliphatic rings. The summed E-state index contributed by atoms with van der Waals surface area (Å²) < 4.78 is 2.13. The van der Waals surface area contributed by atoms with Crippen molar-refractivity contribution in [3.63, 3.8) is 0 Å². The first-order chi connectivity index (χ1) is 5.11. The van der Waals surface area contributed by atoms with Crippen LogP contribution in [0.1, 0.15) is 17.3 Å². The summed E-state index contributed by atoms with van der Waals surface area (Å²) in [5, 5.41) is 0. The second-order valence-electron chi connectivity index (χ2n) is 2.18. The van der Waals surface area contributed by atoms with Crippen LogP contribution >= 0.6 is 45.2 Å². The van der Waals surface area contributed by atoms with E-state index in [0.717, 1.165) is 12.7 Å². The standard InChI is InChI=1S/C8H6I2O/c1-5(11)7-4-6(9)2-3-8(7)10/h2-4H,1H3. The second kappa shape index (κ2) is 3.84. The highest BCUT2D eigenvalue weighted by atomic mass is 127. The summed E-state index contributed by atoms with van der Waals surface area (Å²) in [7, 11) is 0. The smallest absolute Gasteiger partial charge is 0.160 e. The summed E-state index contributed by atoms with van der Waals surface area (Å²) in [6, 6.07) is 5.86. The Morgan fingerprint density at radius 3 is 2.45 bits per heavy atom. The van der Waals surface area contributed by atoms with Gasteiger partial charge in [-0.1, -0.05) is 0 Å². The van der Waals surface area contributed by atoms with E-state index >= 15 is 0 Å². The van der Waals surface area contributed by atoms with Gasteiger partial charge in [-0.2, -0.15) is 0 Å². The van der Waals surface area contributed by atoms with Gasteiger partial charge in [0.2, 0.25) is 0 Å². The number of ketones is 1. The Hall–Kier alpha value is 0.350. The van der Waals surface area contributed by atoms with Crippen molar-refractivity contribution in [2.24, 2.45) is 0 Å². The Morgan fingerprint density at radius 1 is 1.36 bits per heavy atom. The van der Waals surface area contributed by atoms with E-state index in [9.17, 15) is 4.79 Å². The summed E-state index contributed by atoms with van der Waals surface area (Å²) in [4.78, 5) is 11.0. The van der Waals surface area contributed by atoms with Gasteiger partial charge >= 0.3 is 0 Å². The van der Waals surface area contributed by atoms with Crippen molar-refractivity contribution in [1.29, 1.82) is 0 Å². The number of Topliss-reactive ketones (excluding diaryl/α,β-unsaturated/α-hetero) is 1. The molecule has 0 aliphatic carbocycles. The zero-order valence-electron chi connectivity index (χ0n) is 5.90. The minimum atomic E-state index is 0.132. The summed E-state index contributed by atoms with van der Waals surface area (Å²) in [6.07, 6.45) is 0. The highest BCUT2D eigenvalue weighted by molar-refractivity contribution is 14.1. The molecule has 1 aromatic rings. The number of hydrogen-bond acceptors (Lipinski definition) is 1. The number of hydrogen-bond donors (Lipinski definition) is 0. The van der Waals surface area contributed by atoms with Crippen LogP contribution in [0.5, 0.6) is 0 Å². The fraction of sp³-hybridized carbons (Fsp3) is 0.125. The fourth-order valence-corrected chi connectivity index (χ4v) is 1.97. The van der Waals surface area contributed by atoms with Crippen LogP contribution in [0.2, 0.25) is 0 Å². The molecule has 3 heteroatoms. The molecule has 11 heavy (non-hydrogen) atoms. The molecule has 0 heterocycles. The van der Waals surface area contributed by atoms with Gasteiger partial charge in [-0.3, -0.25) is 4.79 Å². The van der Waals surface area contributed by atoms with Crippen molar-refractivity contribution in [1.82, 2.24) is 0 Å². The number of benzene rings is 1. The first kappa shape index (κ1) is 9.44. The molecular weight excluding hydrogens is 366 g/mol. The molecule has 0 fully saturated rings. The van der Waals surface area contributed by atoms with Gasteiger partial charge in [-0.25, -0.2) is 0 Å². The van der Waals surface area contributed by atoms with Gasteiger partial charge in [-0.15, -0.1) is 0 Å². The predicted octanol–water partition coefficient (Wildman–Crippen LogP) is 3.10. The number of carbonyl (C=O) groups excluding carboxylic acids is 1. The zero-order chi connectivity index (χ0) is 8.43. The van der Waals surface area contributed by atoms with Gasteiger partial charge in [0, 0.05) is 12.7 Å². The number of halogens is 2. The minimum Gasteiger partial charge on any atom is -0.294 e. The van der Waals surface area contributed by atoms with Crippen LogP contribution in [-0.2, 0) is 0 Å². The van der Waals surface area contributed by atoms with Crippen LogP contribution in [0.25, 0.3) is 0 Å². The predicted molar refractivity (Wildman–Crippen MR) is 61.9 cm³/mol. The molecule has 0 saturated carbocycles. The van der Waals surface area contributed by atoms with Crippen LogP contribution in [0, 0.1) is 7.14 Å². The third-order valence-corrected chi connectivity index (χ3v) is 2.92.